The average Bonchev–Trinajstić information content (AvgIpc) is 2.43. The Hall–Kier alpha value is 0.250. The van der Waals surface area contributed by atoms with Crippen LogP contribution in [-0.2, 0) is 0 Å². The van der Waals surface area contributed by atoms with E-state index in [2.05, 4.69) is 27.7 Å². The smallest absolute Gasteiger partial charge is 0.0786 e. The van der Waals surface area contributed by atoms with Crippen molar-refractivity contribution in [1.29, 1.82) is 0 Å². The first-order chi connectivity index (χ1) is 9.24. The summed E-state index contributed by atoms with van der Waals surface area (Å²) in [5, 5.41) is 0. The van der Waals surface area contributed by atoms with E-state index in [1.807, 2.05) is 0 Å². The normalized spacial score (nSPS) is 11.4. The van der Waals surface area contributed by atoms with Crippen LogP contribution in [0.15, 0.2) is 0 Å². The van der Waals surface area contributed by atoms with Crippen LogP contribution in [0.2, 0.25) is 0 Å². The molecule has 1 nitrogen and oxygen atoms in total. The van der Waals surface area contributed by atoms with Crippen molar-refractivity contribution in [3.63, 3.8) is 0 Å². The zero-order chi connectivity index (χ0) is 14.4. The minimum absolute atomic E-state index is 0. The third kappa shape index (κ3) is 11.0. The van der Waals surface area contributed by atoms with Crippen LogP contribution in [0, 0.1) is 0 Å². The Bertz CT molecular complexity index is 162. The molecule has 0 aromatic rings. The summed E-state index contributed by atoms with van der Waals surface area (Å²) < 4.78 is 1.43. The maximum atomic E-state index is 2.34. The fourth-order valence-corrected chi connectivity index (χ4v) is 3.05. The van der Waals surface area contributed by atoms with E-state index in [1.54, 1.807) is 0 Å². The molecule has 0 bridgehead atoms. The number of hydrogen-bond acceptors (Lipinski definition) is 0. The molecule has 0 aliphatic carbocycles. The predicted octanol–water partition coefficient (Wildman–Crippen LogP) is 2.79. The second-order valence-corrected chi connectivity index (χ2v) is 6.36. The van der Waals surface area contributed by atoms with Crippen molar-refractivity contribution in [1.82, 2.24) is 0 Å². The SMILES string of the molecule is CCCCC[N+](CCCC)(CCCC)CCCCC.[Cl-]. The van der Waals surface area contributed by atoms with Gasteiger partial charge in [-0.2, -0.15) is 0 Å². The summed E-state index contributed by atoms with van der Waals surface area (Å²) in [7, 11) is 0. The van der Waals surface area contributed by atoms with Gasteiger partial charge in [0, 0.05) is 0 Å². The molecule has 0 aromatic heterocycles. The summed E-state index contributed by atoms with van der Waals surface area (Å²) in [5.74, 6) is 0. The average molecular weight is 306 g/mol. The molecule has 0 fully saturated rings. The van der Waals surface area contributed by atoms with Gasteiger partial charge in [0.2, 0.25) is 0 Å². The molecule has 0 aromatic carbocycles. The Morgan fingerprint density at radius 2 is 0.750 bits per heavy atom. The Kier molecular flexibility index (Phi) is 17.6. The summed E-state index contributed by atoms with van der Waals surface area (Å²) in [6.07, 6.45) is 14.0. The third-order valence-electron chi connectivity index (χ3n) is 4.44. The maximum absolute atomic E-state index is 2.34. The fourth-order valence-electron chi connectivity index (χ4n) is 3.05. The number of nitrogens with zero attached hydrogens (tertiary/aromatic N) is 1. The van der Waals surface area contributed by atoms with E-state index in [9.17, 15) is 0 Å². The van der Waals surface area contributed by atoms with E-state index in [-0.39, 0.29) is 12.4 Å². The van der Waals surface area contributed by atoms with Crippen molar-refractivity contribution >= 4 is 0 Å². The van der Waals surface area contributed by atoms with Gasteiger partial charge in [-0.25, -0.2) is 0 Å². The highest BCUT2D eigenvalue weighted by Crippen LogP contribution is 2.17. The first-order valence-corrected chi connectivity index (χ1v) is 9.09. The van der Waals surface area contributed by atoms with E-state index < -0.39 is 0 Å². The van der Waals surface area contributed by atoms with Crippen molar-refractivity contribution in [2.45, 2.75) is 91.9 Å². The maximum Gasteiger partial charge on any atom is 0.0786 e. The quantitative estimate of drug-likeness (QED) is 0.342. The molecule has 0 saturated carbocycles. The number of halogens is 1. The lowest BCUT2D eigenvalue weighted by molar-refractivity contribution is -0.929. The highest BCUT2D eigenvalue weighted by atomic mass is 35.5. The standard InChI is InChI=1S/C18H40N.ClH/c1-5-9-13-17-19(15-11-7-3,16-12-8-4)18-14-10-6-2;/h5-18H2,1-4H3;1H/q+1;/p-1. The molecule has 0 spiro atoms. The Balaban J connectivity index is 0. The molecular weight excluding hydrogens is 266 g/mol. The zero-order valence-electron chi connectivity index (χ0n) is 14.7. The van der Waals surface area contributed by atoms with Crippen LogP contribution in [0.3, 0.4) is 0 Å². The topological polar surface area (TPSA) is 0 Å². The largest absolute Gasteiger partial charge is 1.00 e. The summed E-state index contributed by atoms with van der Waals surface area (Å²) in [5.41, 5.74) is 0. The molecule has 0 heterocycles. The number of hydrogen-bond donors (Lipinski definition) is 0. The summed E-state index contributed by atoms with van der Waals surface area (Å²) in [4.78, 5) is 0. The monoisotopic (exact) mass is 305 g/mol. The molecule has 0 aliphatic rings. The van der Waals surface area contributed by atoms with Gasteiger partial charge in [0.05, 0.1) is 26.2 Å². The lowest BCUT2D eigenvalue weighted by Crippen LogP contribution is -3.00. The molecule has 0 unspecified atom stereocenters. The van der Waals surface area contributed by atoms with E-state index in [0.717, 1.165) is 0 Å². The molecule has 0 atom stereocenters. The van der Waals surface area contributed by atoms with Crippen LogP contribution in [0.1, 0.15) is 91.9 Å². The van der Waals surface area contributed by atoms with Crippen molar-refractivity contribution in [2.24, 2.45) is 0 Å². The molecule has 0 radical (unpaired) electrons. The molecule has 0 saturated heterocycles. The highest BCUT2D eigenvalue weighted by molar-refractivity contribution is 4.50. The van der Waals surface area contributed by atoms with Gasteiger partial charge in [-0.15, -0.1) is 0 Å². The molecule has 20 heavy (non-hydrogen) atoms. The number of rotatable bonds is 14. The van der Waals surface area contributed by atoms with Crippen LogP contribution >= 0.6 is 0 Å². The third-order valence-corrected chi connectivity index (χ3v) is 4.44. The van der Waals surface area contributed by atoms with Gasteiger partial charge in [0.15, 0.2) is 0 Å². The van der Waals surface area contributed by atoms with Crippen molar-refractivity contribution in [3.05, 3.63) is 0 Å². The van der Waals surface area contributed by atoms with E-state index >= 15 is 0 Å². The lowest BCUT2D eigenvalue weighted by Gasteiger charge is -2.39. The van der Waals surface area contributed by atoms with Crippen LogP contribution < -0.4 is 12.4 Å². The van der Waals surface area contributed by atoms with Crippen LogP contribution in [-0.4, -0.2) is 30.7 Å². The molecule has 2 heteroatoms. The van der Waals surface area contributed by atoms with E-state index in [0.29, 0.717) is 0 Å². The summed E-state index contributed by atoms with van der Waals surface area (Å²) in [6.45, 7) is 15.1. The van der Waals surface area contributed by atoms with Crippen molar-refractivity contribution in [3.8, 4) is 0 Å². The van der Waals surface area contributed by atoms with E-state index in [4.69, 9.17) is 0 Å². The molecule has 124 valence electrons. The Morgan fingerprint density at radius 1 is 0.450 bits per heavy atom. The second-order valence-electron chi connectivity index (χ2n) is 6.36. The predicted molar refractivity (Wildman–Crippen MR) is 88.6 cm³/mol. The van der Waals surface area contributed by atoms with Crippen LogP contribution in [0.4, 0.5) is 0 Å². The molecular formula is C18H40ClN. The van der Waals surface area contributed by atoms with Gasteiger partial charge in [-0.05, 0) is 38.5 Å². The summed E-state index contributed by atoms with van der Waals surface area (Å²) in [6, 6.07) is 0. The van der Waals surface area contributed by atoms with Gasteiger partial charge in [0.1, 0.15) is 0 Å². The Labute approximate surface area is 135 Å². The molecule has 0 amide bonds. The minimum atomic E-state index is 0. The van der Waals surface area contributed by atoms with Crippen molar-refractivity contribution < 1.29 is 16.9 Å². The lowest BCUT2D eigenvalue weighted by atomic mass is 10.1. The second kappa shape index (κ2) is 15.6. The fraction of sp³-hybridized carbons (Fsp3) is 1.00. The van der Waals surface area contributed by atoms with Gasteiger partial charge in [-0.3, -0.25) is 0 Å². The van der Waals surface area contributed by atoms with Gasteiger partial charge >= 0.3 is 0 Å². The van der Waals surface area contributed by atoms with Gasteiger partial charge in [-0.1, -0.05) is 53.4 Å². The highest BCUT2D eigenvalue weighted by Gasteiger charge is 2.24. The van der Waals surface area contributed by atoms with Crippen LogP contribution in [0.25, 0.3) is 0 Å². The Morgan fingerprint density at radius 3 is 1.05 bits per heavy atom. The van der Waals surface area contributed by atoms with Gasteiger partial charge < -0.3 is 16.9 Å². The van der Waals surface area contributed by atoms with Gasteiger partial charge in [0.25, 0.3) is 0 Å². The van der Waals surface area contributed by atoms with E-state index in [1.165, 1.54) is 94.9 Å². The molecule has 0 N–H and O–H groups in total. The molecule has 0 aliphatic heterocycles. The summed E-state index contributed by atoms with van der Waals surface area (Å²) >= 11 is 0. The van der Waals surface area contributed by atoms with Crippen molar-refractivity contribution in [2.75, 3.05) is 26.2 Å². The molecule has 0 rings (SSSR count). The number of unbranched alkanes of at least 4 members (excludes halogenated alkanes) is 6. The number of quaternary nitrogens is 1. The van der Waals surface area contributed by atoms with Crippen LogP contribution in [0.5, 0.6) is 0 Å². The first-order valence-electron chi connectivity index (χ1n) is 9.09. The first kappa shape index (κ1) is 22.5. The minimum Gasteiger partial charge on any atom is -1.00 e. The zero-order valence-corrected chi connectivity index (χ0v) is 15.5.